The largest absolute Gasteiger partial charge is 0.380 e. The molecule has 1 aliphatic heterocycles. The Morgan fingerprint density at radius 3 is 3.05 bits per heavy atom. The molecular formula is C12H22N4O3S. The number of hydrogen-bond donors (Lipinski definition) is 1. The minimum Gasteiger partial charge on any atom is -0.380 e. The Labute approximate surface area is 120 Å². The number of nitrogens with one attached hydrogen (secondary N) is 1. The molecule has 1 aromatic rings. The first-order valence-electron chi connectivity index (χ1n) is 6.95. The molecule has 8 heteroatoms. The molecule has 20 heavy (non-hydrogen) atoms. The first-order chi connectivity index (χ1) is 9.64. The number of nitrogens with zero attached hydrogens (tertiary/aromatic N) is 3. The third-order valence-electron chi connectivity index (χ3n) is 3.20. The summed E-state index contributed by atoms with van der Waals surface area (Å²) in [6, 6.07) is 0. The fourth-order valence-corrected chi connectivity index (χ4v) is 3.50. The molecule has 114 valence electrons. The maximum absolute atomic E-state index is 12.5. The average molecular weight is 302 g/mol. The average Bonchev–Trinajstić information content (AvgIpc) is 2.73. The van der Waals surface area contributed by atoms with Crippen LogP contribution in [0.1, 0.15) is 13.3 Å². The van der Waals surface area contributed by atoms with Gasteiger partial charge in [0.05, 0.1) is 19.3 Å². The molecule has 0 radical (unpaired) electrons. The van der Waals surface area contributed by atoms with E-state index >= 15 is 0 Å². The van der Waals surface area contributed by atoms with E-state index in [1.54, 1.807) is 10.9 Å². The molecule has 2 heterocycles. The molecular weight excluding hydrogens is 280 g/mol. The molecule has 2 rings (SSSR count). The summed E-state index contributed by atoms with van der Waals surface area (Å²) in [5.41, 5.74) is 0. The molecule has 0 atom stereocenters. The lowest BCUT2D eigenvalue weighted by molar-refractivity contribution is 0.148. The Balaban J connectivity index is 2.05. The summed E-state index contributed by atoms with van der Waals surface area (Å²) in [6.45, 7) is 6.33. The van der Waals surface area contributed by atoms with Crippen LogP contribution in [0.4, 0.5) is 0 Å². The zero-order valence-electron chi connectivity index (χ0n) is 11.8. The van der Waals surface area contributed by atoms with E-state index in [9.17, 15) is 8.42 Å². The molecule has 0 amide bonds. The first kappa shape index (κ1) is 15.4. The van der Waals surface area contributed by atoms with Crippen LogP contribution in [0.5, 0.6) is 0 Å². The lowest BCUT2D eigenvalue weighted by Gasteiger charge is -2.17. The van der Waals surface area contributed by atoms with Gasteiger partial charge in [-0.25, -0.2) is 8.42 Å². The summed E-state index contributed by atoms with van der Waals surface area (Å²) in [7, 11) is -3.45. The van der Waals surface area contributed by atoms with Gasteiger partial charge in [0.1, 0.15) is 4.90 Å². The number of rotatable bonds is 6. The second-order valence-electron chi connectivity index (χ2n) is 4.66. The molecule has 0 aliphatic carbocycles. The molecule has 0 aromatic carbocycles. The number of aromatic nitrogens is 2. The second kappa shape index (κ2) is 7.16. The van der Waals surface area contributed by atoms with E-state index in [0.29, 0.717) is 32.8 Å². The van der Waals surface area contributed by atoms with Gasteiger partial charge in [0.25, 0.3) is 0 Å². The van der Waals surface area contributed by atoms with Crippen LogP contribution in [0.15, 0.2) is 17.3 Å². The molecule has 1 aromatic heterocycles. The zero-order valence-corrected chi connectivity index (χ0v) is 12.6. The van der Waals surface area contributed by atoms with Gasteiger partial charge in [0.15, 0.2) is 0 Å². The third kappa shape index (κ3) is 3.78. The van der Waals surface area contributed by atoms with Crippen LogP contribution in [0, 0.1) is 0 Å². The molecule has 7 nitrogen and oxygen atoms in total. The van der Waals surface area contributed by atoms with Crippen LogP contribution in [-0.4, -0.2) is 61.9 Å². The third-order valence-corrected chi connectivity index (χ3v) is 5.05. The first-order valence-corrected chi connectivity index (χ1v) is 8.39. The summed E-state index contributed by atoms with van der Waals surface area (Å²) < 4.78 is 33.4. The van der Waals surface area contributed by atoms with E-state index in [0.717, 1.165) is 19.5 Å². The topological polar surface area (TPSA) is 76.5 Å². The molecule has 1 aliphatic rings. The van der Waals surface area contributed by atoms with Crippen molar-refractivity contribution in [2.75, 3.05) is 39.4 Å². The van der Waals surface area contributed by atoms with Crippen molar-refractivity contribution in [1.82, 2.24) is 19.4 Å². The SMILES string of the molecule is CCNCCn1cc(S(=O)(=O)N2CCCOCC2)cn1. The van der Waals surface area contributed by atoms with Crippen LogP contribution in [0.25, 0.3) is 0 Å². The summed E-state index contributed by atoms with van der Waals surface area (Å²) in [4.78, 5) is 0.260. The fraction of sp³-hybridized carbons (Fsp3) is 0.750. The number of likely N-dealkylation sites (N-methyl/N-ethyl adjacent to an activating group) is 1. The summed E-state index contributed by atoms with van der Waals surface area (Å²) in [5, 5.41) is 7.29. The zero-order chi connectivity index (χ0) is 14.4. The second-order valence-corrected chi connectivity index (χ2v) is 6.60. The molecule has 1 N–H and O–H groups in total. The van der Waals surface area contributed by atoms with Gasteiger partial charge in [-0.15, -0.1) is 0 Å². The van der Waals surface area contributed by atoms with Gasteiger partial charge in [-0.05, 0) is 13.0 Å². The smallest absolute Gasteiger partial charge is 0.246 e. The molecule has 1 fully saturated rings. The van der Waals surface area contributed by atoms with Crippen molar-refractivity contribution in [2.24, 2.45) is 0 Å². The van der Waals surface area contributed by atoms with Crippen LogP contribution in [-0.2, 0) is 21.3 Å². The Morgan fingerprint density at radius 2 is 2.25 bits per heavy atom. The van der Waals surface area contributed by atoms with Gasteiger partial charge in [-0.2, -0.15) is 9.40 Å². The van der Waals surface area contributed by atoms with Crippen molar-refractivity contribution in [3.05, 3.63) is 12.4 Å². The van der Waals surface area contributed by atoms with Gasteiger partial charge >= 0.3 is 0 Å². The highest BCUT2D eigenvalue weighted by molar-refractivity contribution is 7.89. The van der Waals surface area contributed by atoms with E-state index in [4.69, 9.17) is 4.74 Å². The minimum atomic E-state index is -3.45. The number of sulfonamides is 1. The number of ether oxygens (including phenoxy) is 1. The van der Waals surface area contributed by atoms with Crippen LogP contribution >= 0.6 is 0 Å². The van der Waals surface area contributed by atoms with Crippen LogP contribution in [0.3, 0.4) is 0 Å². The van der Waals surface area contributed by atoms with E-state index in [-0.39, 0.29) is 4.90 Å². The quantitative estimate of drug-likeness (QED) is 0.743. The Hall–Kier alpha value is -0.960. The van der Waals surface area contributed by atoms with Gasteiger partial charge in [-0.1, -0.05) is 6.92 Å². The highest BCUT2D eigenvalue weighted by Crippen LogP contribution is 2.16. The van der Waals surface area contributed by atoms with E-state index in [1.165, 1.54) is 10.5 Å². The van der Waals surface area contributed by atoms with Crippen LogP contribution < -0.4 is 5.32 Å². The summed E-state index contributed by atoms with van der Waals surface area (Å²) in [6.07, 6.45) is 3.75. The van der Waals surface area contributed by atoms with Gasteiger partial charge in [0.2, 0.25) is 10.0 Å². The lowest BCUT2D eigenvalue weighted by atomic mass is 10.5. The summed E-state index contributed by atoms with van der Waals surface area (Å²) in [5.74, 6) is 0. The van der Waals surface area contributed by atoms with Gasteiger partial charge in [-0.3, -0.25) is 4.68 Å². The normalized spacial score (nSPS) is 18.1. The van der Waals surface area contributed by atoms with Crippen molar-refractivity contribution in [2.45, 2.75) is 24.8 Å². The van der Waals surface area contributed by atoms with E-state index in [2.05, 4.69) is 10.4 Å². The molecule has 1 saturated heterocycles. The molecule has 0 unspecified atom stereocenters. The van der Waals surface area contributed by atoms with Gasteiger partial charge in [0, 0.05) is 32.4 Å². The summed E-state index contributed by atoms with van der Waals surface area (Å²) >= 11 is 0. The van der Waals surface area contributed by atoms with Gasteiger partial charge < -0.3 is 10.1 Å². The number of hydrogen-bond acceptors (Lipinski definition) is 5. The Morgan fingerprint density at radius 1 is 1.40 bits per heavy atom. The Kier molecular flexibility index (Phi) is 5.53. The predicted octanol–water partition coefficient (Wildman–Crippen LogP) is -0.0964. The van der Waals surface area contributed by atoms with E-state index < -0.39 is 10.0 Å². The molecule has 0 spiro atoms. The van der Waals surface area contributed by atoms with Crippen molar-refractivity contribution in [3.63, 3.8) is 0 Å². The van der Waals surface area contributed by atoms with Crippen molar-refractivity contribution in [3.8, 4) is 0 Å². The highest BCUT2D eigenvalue weighted by Gasteiger charge is 2.26. The van der Waals surface area contributed by atoms with Crippen molar-refractivity contribution < 1.29 is 13.2 Å². The van der Waals surface area contributed by atoms with Crippen molar-refractivity contribution >= 4 is 10.0 Å². The predicted molar refractivity (Wildman–Crippen MR) is 75.0 cm³/mol. The monoisotopic (exact) mass is 302 g/mol. The maximum Gasteiger partial charge on any atom is 0.246 e. The lowest BCUT2D eigenvalue weighted by Crippen LogP contribution is -2.33. The minimum absolute atomic E-state index is 0.260. The molecule has 0 bridgehead atoms. The standard InChI is InChI=1S/C12H22N4O3S/c1-2-13-4-6-15-11-12(10-14-15)20(17,18)16-5-3-8-19-9-7-16/h10-11,13H,2-9H2,1H3. The highest BCUT2D eigenvalue weighted by atomic mass is 32.2. The maximum atomic E-state index is 12.5. The fourth-order valence-electron chi connectivity index (χ4n) is 2.08. The van der Waals surface area contributed by atoms with Crippen molar-refractivity contribution in [1.29, 1.82) is 0 Å². The van der Waals surface area contributed by atoms with Crippen LogP contribution in [0.2, 0.25) is 0 Å². The van der Waals surface area contributed by atoms with E-state index in [1.807, 2.05) is 6.92 Å². The Bertz CT molecular complexity index is 507. The molecule has 0 saturated carbocycles.